The Morgan fingerprint density at radius 2 is 1.83 bits per heavy atom. The van der Waals surface area contributed by atoms with Gasteiger partial charge in [0.1, 0.15) is 0 Å². The van der Waals surface area contributed by atoms with Crippen molar-refractivity contribution in [1.29, 1.82) is 0 Å². The van der Waals surface area contributed by atoms with Gasteiger partial charge in [-0.1, -0.05) is 36.8 Å². The molecule has 1 N–H and O–H groups in total. The van der Waals surface area contributed by atoms with E-state index in [0.29, 0.717) is 6.04 Å². The molecule has 2 saturated carbocycles. The zero-order valence-electron chi connectivity index (χ0n) is 13.8. The topological polar surface area (TPSA) is 18.5 Å². The first-order chi connectivity index (χ1) is 11.3. The van der Waals surface area contributed by atoms with E-state index in [0.717, 1.165) is 49.7 Å². The zero-order valence-corrected chi connectivity index (χ0v) is 14.6. The number of nitrogens with zero attached hydrogens (tertiary/aromatic N) is 2. The molecule has 1 heterocycles. The number of thiocarbonyl (C=S) groups is 1. The Morgan fingerprint density at radius 1 is 1.04 bits per heavy atom. The van der Waals surface area contributed by atoms with Crippen molar-refractivity contribution in [2.75, 3.05) is 26.2 Å². The van der Waals surface area contributed by atoms with E-state index in [-0.39, 0.29) is 0 Å². The summed E-state index contributed by atoms with van der Waals surface area (Å²) in [6.07, 6.45) is 5.65. The molecule has 1 aromatic carbocycles. The molecule has 1 aromatic rings. The summed E-state index contributed by atoms with van der Waals surface area (Å²) in [4.78, 5) is 4.91. The van der Waals surface area contributed by atoms with Crippen LogP contribution >= 0.6 is 12.2 Å². The predicted octanol–water partition coefficient (Wildman–Crippen LogP) is 2.87. The second kappa shape index (κ2) is 6.78. The summed E-state index contributed by atoms with van der Waals surface area (Å²) in [5.74, 6) is 1.86. The van der Waals surface area contributed by atoms with Crippen LogP contribution < -0.4 is 5.32 Å². The van der Waals surface area contributed by atoms with Gasteiger partial charge in [0.05, 0.1) is 0 Å². The molecule has 3 atom stereocenters. The van der Waals surface area contributed by atoms with Crippen molar-refractivity contribution >= 4 is 17.3 Å². The highest BCUT2D eigenvalue weighted by Gasteiger charge is 2.40. The molecule has 0 spiro atoms. The number of nitrogens with one attached hydrogen (secondary N) is 1. The van der Waals surface area contributed by atoms with Crippen LogP contribution in [0.2, 0.25) is 0 Å². The monoisotopic (exact) mass is 329 g/mol. The molecule has 4 heteroatoms. The van der Waals surface area contributed by atoms with Crippen LogP contribution in [0.5, 0.6) is 0 Å². The molecule has 23 heavy (non-hydrogen) atoms. The normalized spacial score (nSPS) is 30.6. The van der Waals surface area contributed by atoms with Crippen LogP contribution in [0, 0.1) is 11.8 Å². The summed E-state index contributed by atoms with van der Waals surface area (Å²) in [5, 5.41) is 4.69. The quantitative estimate of drug-likeness (QED) is 0.859. The molecule has 3 aliphatic rings. The second-order valence-corrected chi connectivity index (χ2v) is 7.87. The van der Waals surface area contributed by atoms with Crippen molar-refractivity contribution < 1.29 is 0 Å². The highest BCUT2D eigenvalue weighted by Crippen LogP contribution is 2.44. The van der Waals surface area contributed by atoms with E-state index in [1.165, 1.54) is 31.2 Å². The van der Waals surface area contributed by atoms with E-state index in [4.69, 9.17) is 12.2 Å². The van der Waals surface area contributed by atoms with E-state index in [1.54, 1.807) is 0 Å². The molecule has 0 aromatic heterocycles. The minimum atomic E-state index is 0.656. The summed E-state index contributed by atoms with van der Waals surface area (Å²) in [5.41, 5.74) is 1.41. The van der Waals surface area contributed by atoms with Gasteiger partial charge in [-0.3, -0.25) is 4.90 Å². The Kier molecular flexibility index (Phi) is 4.54. The molecule has 0 radical (unpaired) electrons. The third kappa shape index (κ3) is 3.53. The lowest BCUT2D eigenvalue weighted by atomic mass is 9.95. The van der Waals surface area contributed by atoms with Crippen LogP contribution in [-0.2, 0) is 6.54 Å². The van der Waals surface area contributed by atoms with Crippen molar-refractivity contribution in [3.63, 3.8) is 0 Å². The second-order valence-electron chi connectivity index (χ2n) is 7.48. The zero-order chi connectivity index (χ0) is 15.6. The largest absolute Gasteiger partial charge is 0.360 e. The Bertz CT molecular complexity index is 539. The number of benzene rings is 1. The molecule has 1 saturated heterocycles. The molecular weight excluding hydrogens is 302 g/mol. The van der Waals surface area contributed by atoms with Crippen LogP contribution in [0.4, 0.5) is 0 Å². The Labute approximate surface area is 145 Å². The third-order valence-electron chi connectivity index (χ3n) is 5.96. The number of hydrogen-bond acceptors (Lipinski definition) is 2. The van der Waals surface area contributed by atoms with E-state index >= 15 is 0 Å². The molecular formula is C19H27N3S. The van der Waals surface area contributed by atoms with Gasteiger partial charge in [-0.2, -0.15) is 0 Å². The Hall–Kier alpha value is -1.13. The molecule has 3 fully saturated rings. The van der Waals surface area contributed by atoms with Crippen molar-refractivity contribution in [3.8, 4) is 0 Å². The standard InChI is InChI=1S/C19H27N3S/c23-19(20-18-13-16-6-7-17(18)12-16)22-10-8-21(9-11-22)14-15-4-2-1-3-5-15/h1-5,16-18H,6-14H2,(H,20,23)/t16-,17+,18+/m0/s1. The van der Waals surface area contributed by atoms with Gasteiger partial charge in [0.15, 0.2) is 5.11 Å². The Balaban J connectivity index is 1.24. The summed E-state index contributed by atoms with van der Waals surface area (Å²) in [6, 6.07) is 11.4. The number of fused-ring (bicyclic) bond motifs is 2. The fraction of sp³-hybridized carbons (Fsp3) is 0.632. The molecule has 1 aliphatic heterocycles. The average Bonchev–Trinajstić information content (AvgIpc) is 3.19. The van der Waals surface area contributed by atoms with Crippen LogP contribution in [0.3, 0.4) is 0 Å². The van der Waals surface area contributed by atoms with Crippen LogP contribution in [-0.4, -0.2) is 47.1 Å². The molecule has 2 aliphatic carbocycles. The maximum absolute atomic E-state index is 5.69. The average molecular weight is 330 g/mol. The lowest BCUT2D eigenvalue weighted by Crippen LogP contribution is -2.53. The van der Waals surface area contributed by atoms with Gasteiger partial charge >= 0.3 is 0 Å². The van der Waals surface area contributed by atoms with Crippen LogP contribution in [0.1, 0.15) is 31.2 Å². The first-order valence-corrected chi connectivity index (χ1v) is 9.50. The lowest BCUT2D eigenvalue weighted by Gasteiger charge is -2.37. The van der Waals surface area contributed by atoms with Crippen LogP contribution in [0.15, 0.2) is 30.3 Å². The van der Waals surface area contributed by atoms with Gasteiger partial charge in [0, 0.05) is 38.8 Å². The van der Waals surface area contributed by atoms with Crippen LogP contribution in [0.25, 0.3) is 0 Å². The van der Waals surface area contributed by atoms with Crippen molar-refractivity contribution in [1.82, 2.24) is 15.1 Å². The highest BCUT2D eigenvalue weighted by atomic mass is 32.1. The van der Waals surface area contributed by atoms with E-state index in [1.807, 2.05) is 0 Å². The number of rotatable bonds is 3. The van der Waals surface area contributed by atoms with Gasteiger partial charge in [-0.05, 0) is 48.9 Å². The van der Waals surface area contributed by atoms with Crippen molar-refractivity contribution in [2.45, 2.75) is 38.3 Å². The minimum absolute atomic E-state index is 0.656. The first-order valence-electron chi connectivity index (χ1n) is 9.09. The maximum atomic E-state index is 5.69. The number of hydrogen-bond donors (Lipinski definition) is 1. The summed E-state index contributed by atoms with van der Waals surface area (Å²) in [6.45, 7) is 5.38. The van der Waals surface area contributed by atoms with E-state index in [2.05, 4.69) is 45.4 Å². The van der Waals surface area contributed by atoms with Crippen molar-refractivity contribution in [3.05, 3.63) is 35.9 Å². The lowest BCUT2D eigenvalue weighted by molar-refractivity contribution is 0.173. The van der Waals surface area contributed by atoms with E-state index < -0.39 is 0 Å². The Morgan fingerprint density at radius 3 is 2.48 bits per heavy atom. The SMILES string of the molecule is S=C(N[C@@H]1C[C@H]2CC[C@@H]1C2)N1CCN(Cc2ccccc2)CC1. The minimum Gasteiger partial charge on any atom is -0.360 e. The number of piperazine rings is 1. The summed E-state index contributed by atoms with van der Waals surface area (Å²) < 4.78 is 0. The van der Waals surface area contributed by atoms with Gasteiger partial charge in [-0.15, -0.1) is 0 Å². The molecule has 0 unspecified atom stereocenters. The predicted molar refractivity (Wildman–Crippen MR) is 98.3 cm³/mol. The van der Waals surface area contributed by atoms with Crippen molar-refractivity contribution in [2.24, 2.45) is 11.8 Å². The van der Waals surface area contributed by atoms with Gasteiger partial charge < -0.3 is 10.2 Å². The van der Waals surface area contributed by atoms with Gasteiger partial charge in [0.2, 0.25) is 0 Å². The molecule has 2 bridgehead atoms. The smallest absolute Gasteiger partial charge is 0.169 e. The molecule has 0 amide bonds. The van der Waals surface area contributed by atoms with Gasteiger partial charge in [0.25, 0.3) is 0 Å². The van der Waals surface area contributed by atoms with E-state index in [9.17, 15) is 0 Å². The first kappa shape index (κ1) is 15.4. The molecule has 124 valence electrons. The fourth-order valence-corrected chi connectivity index (χ4v) is 4.96. The molecule has 3 nitrogen and oxygen atoms in total. The van der Waals surface area contributed by atoms with Gasteiger partial charge in [-0.25, -0.2) is 0 Å². The maximum Gasteiger partial charge on any atom is 0.169 e. The third-order valence-corrected chi connectivity index (χ3v) is 6.33. The highest BCUT2D eigenvalue weighted by molar-refractivity contribution is 7.80. The fourth-order valence-electron chi connectivity index (χ4n) is 4.62. The molecule has 4 rings (SSSR count). The summed E-state index contributed by atoms with van der Waals surface area (Å²) >= 11 is 5.69. The summed E-state index contributed by atoms with van der Waals surface area (Å²) in [7, 11) is 0.